The van der Waals surface area contributed by atoms with Gasteiger partial charge in [-0.2, -0.15) is 0 Å². The van der Waals surface area contributed by atoms with Crippen molar-refractivity contribution >= 4 is 22.5 Å². The third-order valence-electron chi connectivity index (χ3n) is 2.85. The van der Waals surface area contributed by atoms with Gasteiger partial charge in [0.05, 0.1) is 0 Å². The minimum absolute atomic E-state index is 0.195. The normalized spacial score (nSPS) is 10.9. The first-order valence-electron chi connectivity index (χ1n) is 6.16. The Labute approximate surface area is 112 Å². The first-order chi connectivity index (χ1) is 9.08. The number of amides is 1. The number of hydrogen-bond acceptors (Lipinski definition) is 4. The molecule has 0 fully saturated rings. The summed E-state index contributed by atoms with van der Waals surface area (Å²) in [7, 11) is 3.91. The van der Waals surface area contributed by atoms with Crippen LogP contribution < -0.4 is 11.1 Å². The molecule has 2 rings (SSSR count). The topological polar surface area (TPSA) is 71.2 Å². The highest BCUT2D eigenvalue weighted by Crippen LogP contribution is 2.19. The van der Waals surface area contributed by atoms with Crippen molar-refractivity contribution in [2.75, 3.05) is 32.9 Å². The molecule has 100 valence electrons. The SMILES string of the molecule is CN(C)CCNC(=O)c1cc2ccccc2c(N)n1. The Hall–Kier alpha value is -2.14. The zero-order valence-electron chi connectivity index (χ0n) is 11.2. The third-order valence-corrected chi connectivity index (χ3v) is 2.85. The van der Waals surface area contributed by atoms with Crippen LogP contribution in [0.1, 0.15) is 10.5 Å². The standard InChI is InChI=1S/C14H18N4O/c1-18(2)8-7-16-14(19)12-9-10-5-3-4-6-11(10)13(15)17-12/h3-6,9H,7-8H2,1-2H3,(H2,15,17)(H,16,19). The second-order valence-electron chi connectivity index (χ2n) is 4.67. The first kappa shape index (κ1) is 13.3. The van der Waals surface area contributed by atoms with Crippen LogP contribution in [-0.4, -0.2) is 43.0 Å². The molecular formula is C14H18N4O. The van der Waals surface area contributed by atoms with Crippen molar-refractivity contribution in [2.24, 2.45) is 0 Å². The molecule has 19 heavy (non-hydrogen) atoms. The summed E-state index contributed by atoms with van der Waals surface area (Å²) >= 11 is 0. The van der Waals surface area contributed by atoms with Crippen LogP contribution >= 0.6 is 0 Å². The zero-order chi connectivity index (χ0) is 13.8. The fourth-order valence-corrected chi connectivity index (χ4v) is 1.83. The molecule has 3 N–H and O–H groups in total. The average molecular weight is 258 g/mol. The van der Waals surface area contributed by atoms with E-state index >= 15 is 0 Å². The number of fused-ring (bicyclic) bond motifs is 1. The van der Waals surface area contributed by atoms with Crippen molar-refractivity contribution in [3.63, 3.8) is 0 Å². The molecule has 2 aromatic rings. The average Bonchev–Trinajstić information content (AvgIpc) is 2.38. The van der Waals surface area contributed by atoms with Crippen molar-refractivity contribution in [3.8, 4) is 0 Å². The minimum Gasteiger partial charge on any atom is -0.383 e. The number of nitrogens with one attached hydrogen (secondary N) is 1. The van der Waals surface area contributed by atoms with Gasteiger partial charge in [-0.05, 0) is 25.5 Å². The number of benzene rings is 1. The number of aromatic nitrogens is 1. The van der Waals surface area contributed by atoms with Gasteiger partial charge in [0.15, 0.2) is 0 Å². The van der Waals surface area contributed by atoms with E-state index in [0.29, 0.717) is 18.1 Å². The van der Waals surface area contributed by atoms with Crippen LogP contribution in [0.3, 0.4) is 0 Å². The number of rotatable bonds is 4. The highest BCUT2D eigenvalue weighted by molar-refractivity contribution is 5.99. The summed E-state index contributed by atoms with van der Waals surface area (Å²) in [5.74, 6) is 0.190. The smallest absolute Gasteiger partial charge is 0.270 e. The molecule has 5 nitrogen and oxygen atoms in total. The molecule has 0 aliphatic heterocycles. The first-order valence-corrected chi connectivity index (χ1v) is 6.16. The van der Waals surface area contributed by atoms with Gasteiger partial charge < -0.3 is 16.0 Å². The predicted octanol–water partition coefficient (Wildman–Crippen LogP) is 1.11. The Morgan fingerprint density at radius 3 is 2.84 bits per heavy atom. The van der Waals surface area contributed by atoms with Crippen molar-refractivity contribution in [2.45, 2.75) is 0 Å². The fraction of sp³-hybridized carbons (Fsp3) is 0.286. The number of pyridine rings is 1. The maximum Gasteiger partial charge on any atom is 0.270 e. The van der Waals surface area contributed by atoms with Crippen LogP contribution in [0, 0.1) is 0 Å². The molecule has 0 aliphatic carbocycles. The van der Waals surface area contributed by atoms with Gasteiger partial charge in [0.25, 0.3) is 5.91 Å². The van der Waals surface area contributed by atoms with E-state index in [1.165, 1.54) is 0 Å². The number of likely N-dealkylation sites (N-methyl/N-ethyl adjacent to an activating group) is 1. The molecule has 1 aromatic carbocycles. The van der Waals surface area contributed by atoms with Crippen molar-refractivity contribution in [1.82, 2.24) is 15.2 Å². The summed E-state index contributed by atoms with van der Waals surface area (Å²) in [4.78, 5) is 18.1. The zero-order valence-corrected chi connectivity index (χ0v) is 11.2. The number of anilines is 1. The Balaban J connectivity index is 2.18. The maximum atomic E-state index is 12.0. The Morgan fingerprint density at radius 2 is 2.11 bits per heavy atom. The number of carbonyl (C=O) groups is 1. The summed E-state index contributed by atoms with van der Waals surface area (Å²) in [6, 6.07) is 9.39. The number of hydrogen-bond donors (Lipinski definition) is 2. The van der Waals surface area contributed by atoms with Gasteiger partial charge in [-0.15, -0.1) is 0 Å². The summed E-state index contributed by atoms with van der Waals surface area (Å²) in [6.07, 6.45) is 0. The quantitative estimate of drug-likeness (QED) is 0.861. The molecule has 1 aromatic heterocycles. The number of carbonyl (C=O) groups excluding carboxylic acids is 1. The Morgan fingerprint density at radius 1 is 1.37 bits per heavy atom. The van der Waals surface area contributed by atoms with Crippen LogP contribution in [0.5, 0.6) is 0 Å². The van der Waals surface area contributed by atoms with Crippen LogP contribution in [0.4, 0.5) is 5.82 Å². The van der Waals surface area contributed by atoms with Crippen LogP contribution in [0.25, 0.3) is 10.8 Å². The molecule has 1 amide bonds. The van der Waals surface area contributed by atoms with Crippen LogP contribution in [-0.2, 0) is 0 Å². The second kappa shape index (κ2) is 5.67. The molecule has 0 atom stereocenters. The van der Waals surface area contributed by atoms with Crippen molar-refractivity contribution in [3.05, 3.63) is 36.0 Å². The predicted molar refractivity (Wildman–Crippen MR) is 77.0 cm³/mol. The van der Waals surface area contributed by atoms with E-state index < -0.39 is 0 Å². The highest BCUT2D eigenvalue weighted by Gasteiger charge is 2.10. The molecule has 0 bridgehead atoms. The summed E-state index contributed by atoms with van der Waals surface area (Å²) in [6.45, 7) is 1.37. The number of nitrogens with two attached hydrogens (primary N) is 1. The van der Waals surface area contributed by atoms with Crippen LogP contribution in [0.15, 0.2) is 30.3 Å². The summed E-state index contributed by atoms with van der Waals surface area (Å²) in [5, 5.41) is 4.62. The number of nitrogen functional groups attached to an aromatic ring is 1. The van der Waals surface area contributed by atoms with Gasteiger partial charge in [0.1, 0.15) is 11.5 Å². The molecule has 0 unspecified atom stereocenters. The van der Waals surface area contributed by atoms with Crippen molar-refractivity contribution < 1.29 is 4.79 Å². The van der Waals surface area contributed by atoms with Gasteiger partial charge >= 0.3 is 0 Å². The van der Waals surface area contributed by atoms with Gasteiger partial charge in [0.2, 0.25) is 0 Å². The summed E-state index contributed by atoms with van der Waals surface area (Å²) < 4.78 is 0. The minimum atomic E-state index is -0.195. The molecular weight excluding hydrogens is 240 g/mol. The molecule has 0 saturated heterocycles. The van der Waals surface area contributed by atoms with E-state index in [1.54, 1.807) is 6.07 Å². The molecule has 0 saturated carbocycles. The largest absolute Gasteiger partial charge is 0.383 e. The van der Waals surface area contributed by atoms with E-state index in [1.807, 2.05) is 43.3 Å². The van der Waals surface area contributed by atoms with E-state index in [2.05, 4.69) is 10.3 Å². The molecule has 0 aliphatic rings. The van der Waals surface area contributed by atoms with E-state index in [9.17, 15) is 4.79 Å². The fourth-order valence-electron chi connectivity index (χ4n) is 1.83. The van der Waals surface area contributed by atoms with E-state index in [0.717, 1.165) is 17.3 Å². The molecule has 0 radical (unpaired) electrons. The maximum absolute atomic E-state index is 12.0. The van der Waals surface area contributed by atoms with Gasteiger partial charge in [-0.25, -0.2) is 4.98 Å². The van der Waals surface area contributed by atoms with Gasteiger partial charge in [-0.1, -0.05) is 24.3 Å². The Kier molecular flexibility index (Phi) is 3.97. The Bertz CT molecular complexity index is 595. The number of nitrogens with zero attached hydrogens (tertiary/aromatic N) is 2. The van der Waals surface area contributed by atoms with E-state index in [4.69, 9.17) is 5.73 Å². The van der Waals surface area contributed by atoms with E-state index in [-0.39, 0.29) is 5.91 Å². The third kappa shape index (κ3) is 3.20. The lowest BCUT2D eigenvalue weighted by Crippen LogP contribution is -2.31. The van der Waals surface area contributed by atoms with Gasteiger partial charge in [0, 0.05) is 18.5 Å². The monoisotopic (exact) mass is 258 g/mol. The second-order valence-corrected chi connectivity index (χ2v) is 4.67. The lowest BCUT2D eigenvalue weighted by molar-refractivity contribution is 0.0946. The molecule has 0 spiro atoms. The van der Waals surface area contributed by atoms with Crippen LogP contribution in [0.2, 0.25) is 0 Å². The highest BCUT2D eigenvalue weighted by atomic mass is 16.1. The molecule has 1 heterocycles. The molecule has 5 heteroatoms. The van der Waals surface area contributed by atoms with Gasteiger partial charge in [-0.3, -0.25) is 4.79 Å². The lowest BCUT2D eigenvalue weighted by atomic mass is 10.1. The lowest BCUT2D eigenvalue weighted by Gasteiger charge is -2.11. The summed E-state index contributed by atoms with van der Waals surface area (Å²) in [5.41, 5.74) is 6.23. The van der Waals surface area contributed by atoms with Crippen molar-refractivity contribution in [1.29, 1.82) is 0 Å².